The molecule has 6 heteroatoms. The number of likely N-dealkylation sites (tertiary alicyclic amines) is 1. The molecule has 1 fully saturated rings. The Bertz CT molecular complexity index is 582. The van der Waals surface area contributed by atoms with Crippen LogP contribution in [0.25, 0.3) is 0 Å². The molecule has 1 aromatic carbocycles. The van der Waals surface area contributed by atoms with Crippen LogP contribution in [-0.4, -0.2) is 39.7 Å². The van der Waals surface area contributed by atoms with Crippen LogP contribution in [-0.2, 0) is 0 Å². The fraction of sp³-hybridized carbons (Fsp3) is 0.625. The molecule has 0 aromatic heterocycles. The van der Waals surface area contributed by atoms with Crippen LogP contribution in [0.3, 0.4) is 0 Å². The molecule has 22 heavy (non-hydrogen) atoms. The topological polar surface area (TPSA) is 75.8 Å². The number of piperidine rings is 1. The summed E-state index contributed by atoms with van der Waals surface area (Å²) in [4.78, 5) is 12.8. The number of aliphatic hydroxyl groups is 1. The van der Waals surface area contributed by atoms with Crippen LogP contribution in [0.2, 0.25) is 0 Å². The molecule has 0 bridgehead atoms. The van der Waals surface area contributed by atoms with E-state index in [9.17, 15) is 15.2 Å². The van der Waals surface area contributed by atoms with Crippen molar-refractivity contribution in [2.24, 2.45) is 0 Å². The van der Waals surface area contributed by atoms with Gasteiger partial charge < -0.3 is 9.84 Å². The number of benzene rings is 1. The van der Waals surface area contributed by atoms with E-state index in [4.69, 9.17) is 4.74 Å². The van der Waals surface area contributed by atoms with Crippen LogP contribution in [0.5, 0.6) is 5.75 Å². The Hall–Kier alpha value is -1.66. The fourth-order valence-corrected chi connectivity index (χ4v) is 3.46. The van der Waals surface area contributed by atoms with E-state index in [0.29, 0.717) is 5.75 Å². The molecule has 6 nitrogen and oxygen atoms in total. The summed E-state index contributed by atoms with van der Waals surface area (Å²) in [5.74, 6) is 0.514. The van der Waals surface area contributed by atoms with Crippen LogP contribution in [0.1, 0.15) is 44.7 Å². The van der Waals surface area contributed by atoms with E-state index < -0.39 is 16.6 Å². The molecule has 1 saturated heterocycles. The third-order valence-electron chi connectivity index (χ3n) is 4.70. The highest BCUT2D eigenvalue weighted by atomic mass is 16.6. The first-order valence-corrected chi connectivity index (χ1v) is 7.79. The first kappa shape index (κ1) is 15.2. The molecule has 1 aromatic rings. The van der Waals surface area contributed by atoms with Crippen LogP contribution in [0.4, 0.5) is 5.69 Å². The number of aliphatic hydroxyl groups excluding tert-OH is 1. The first-order chi connectivity index (χ1) is 10.4. The van der Waals surface area contributed by atoms with E-state index in [2.05, 4.69) is 4.90 Å². The second-order valence-electron chi connectivity index (χ2n) is 6.67. The second kappa shape index (κ2) is 5.52. The minimum absolute atomic E-state index is 0.0170. The Labute approximate surface area is 129 Å². The highest BCUT2D eigenvalue weighted by molar-refractivity contribution is 5.48. The van der Waals surface area contributed by atoms with Gasteiger partial charge in [-0.2, -0.15) is 0 Å². The lowest BCUT2D eigenvalue weighted by atomic mass is 9.84. The van der Waals surface area contributed by atoms with Crippen molar-refractivity contribution < 1.29 is 14.8 Å². The quantitative estimate of drug-likeness (QED) is 0.671. The van der Waals surface area contributed by atoms with E-state index in [1.807, 2.05) is 13.8 Å². The average molecular weight is 306 g/mol. The highest BCUT2D eigenvalue weighted by Crippen LogP contribution is 2.44. The summed E-state index contributed by atoms with van der Waals surface area (Å²) in [6.07, 6.45) is 2.78. The number of fused-ring (bicyclic) bond motifs is 1. The van der Waals surface area contributed by atoms with Gasteiger partial charge in [0.25, 0.3) is 5.69 Å². The SMILES string of the molecule is CC1(C)Oc2cc([N+](=O)[O-])ccc2[C@@H](N2CCCCC2)[C@@H]1O. The maximum atomic E-state index is 11.0. The molecule has 0 amide bonds. The summed E-state index contributed by atoms with van der Waals surface area (Å²) in [6, 6.07) is 4.52. The van der Waals surface area contributed by atoms with Gasteiger partial charge >= 0.3 is 0 Å². The van der Waals surface area contributed by atoms with Gasteiger partial charge in [0.05, 0.1) is 17.0 Å². The molecule has 0 unspecified atom stereocenters. The molecule has 1 N–H and O–H groups in total. The van der Waals surface area contributed by atoms with Gasteiger partial charge in [0, 0.05) is 11.6 Å². The molecule has 0 aliphatic carbocycles. The van der Waals surface area contributed by atoms with Crippen LogP contribution in [0.15, 0.2) is 18.2 Å². The summed E-state index contributed by atoms with van der Waals surface area (Å²) >= 11 is 0. The smallest absolute Gasteiger partial charge is 0.273 e. The lowest BCUT2D eigenvalue weighted by Gasteiger charge is -2.47. The van der Waals surface area contributed by atoms with E-state index in [1.165, 1.54) is 18.6 Å². The van der Waals surface area contributed by atoms with Crippen LogP contribution in [0, 0.1) is 10.1 Å². The molecular weight excluding hydrogens is 284 g/mol. The monoisotopic (exact) mass is 306 g/mol. The predicted octanol–water partition coefficient (Wildman–Crippen LogP) is 2.65. The van der Waals surface area contributed by atoms with Crippen LogP contribution < -0.4 is 4.74 Å². The molecule has 0 radical (unpaired) electrons. The maximum absolute atomic E-state index is 11.0. The number of nitrogens with zero attached hydrogens (tertiary/aromatic N) is 2. The van der Waals surface area contributed by atoms with Crippen molar-refractivity contribution in [3.8, 4) is 5.75 Å². The summed E-state index contributed by atoms with van der Waals surface area (Å²) in [7, 11) is 0. The standard InChI is InChI=1S/C16H22N2O4/c1-16(2)15(19)14(17-8-4-3-5-9-17)12-7-6-11(18(20)21)10-13(12)22-16/h6-7,10,14-15,19H,3-5,8-9H2,1-2H3/t14-,15+/m1/s1. The number of nitro benzene ring substituents is 1. The van der Waals surface area contributed by atoms with E-state index in [0.717, 1.165) is 31.5 Å². The van der Waals surface area contributed by atoms with Crippen molar-refractivity contribution in [3.05, 3.63) is 33.9 Å². The summed E-state index contributed by atoms with van der Waals surface area (Å²) in [6.45, 7) is 5.54. The van der Waals surface area contributed by atoms with E-state index >= 15 is 0 Å². The molecule has 120 valence electrons. The fourth-order valence-electron chi connectivity index (χ4n) is 3.46. The number of hydrogen-bond donors (Lipinski definition) is 1. The second-order valence-corrected chi connectivity index (χ2v) is 6.67. The number of rotatable bonds is 2. The highest BCUT2D eigenvalue weighted by Gasteiger charge is 2.45. The van der Waals surface area contributed by atoms with E-state index in [-0.39, 0.29) is 11.7 Å². The van der Waals surface area contributed by atoms with Gasteiger partial charge in [0.15, 0.2) is 0 Å². The molecule has 2 aliphatic heterocycles. The average Bonchev–Trinajstić information content (AvgIpc) is 2.48. The molecule has 0 saturated carbocycles. The maximum Gasteiger partial charge on any atom is 0.273 e. The lowest BCUT2D eigenvalue weighted by molar-refractivity contribution is -0.385. The Morgan fingerprint density at radius 2 is 2.00 bits per heavy atom. The van der Waals surface area contributed by atoms with Gasteiger partial charge in [0.1, 0.15) is 17.5 Å². The molecular formula is C16H22N2O4. The van der Waals surface area contributed by atoms with Gasteiger partial charge in [-0.15, -0.1) is 0 Å². The van der Waals surface area contributed by atoms with Gasteiger partial charge in [-0.1, -0.05) is 6.42 Å². The Morgan fingerprint density at radius 3 is 2.64 bits per heavy atom. The minimum Gasteiger partial charge on any atom is -0.484 e. The van der Waals surface area contributed by atoms with Crippen molar-refractivity contribution in [2.45, 2.75) is 50.9 Å². The largest absolute Gasteiger partial charge is 0.484 e. The lowest BCUT2D eigenvalue weighted by Crippen LogP contribution is -2.54. The van der Waals surface area contributed by atoms with Gasteiger partial charge in [-0.25, -0.2) is 0 Å². The molecule has 0 spiro atoms. The summed E-state index contributed by atoms with van der Waals surface area (Å²) in [5.41, 5.74) is 0.0901. The van der Waals surface area contributed by atoms with Crippen molar-refractivity contribution in [1.29, 1.82) is 0 Å². The number of non-ortho nitro benzene ring substituents is 1. The number of hydrogen-bond acceptors (Lipinski definition) is 5. The van der Waals surface area contributed by atoms with Crippen molar-refractivity contribution in [3.63, 3.8) is 0 Å². The molecule has 3 rings (SSSR count). The van der Waals surface area contributed by atoms with Crippen molar-refractivity contribution >= 4 is 5.69 Å². The third kappa shape index (κ3) is 2.57. The summed E-state index contributed by atoms with van der Waals surface area (Å²) < 4.78 is 5.86. The molecule has 2 heterocycles. The zero-order valence-electron chi connectivity index (χ0n) is 13.0. The van der Waals surface area contributed by atoms with E-state index in [1.54, 1.807) is 6.07 Å². The Kier molecular flexibility index (Phi) is 3.82. The number of nitro groups is 1. The zero-order valence-corrected chi connectivity index (χ0v) is 13.0. The van der Waals surface area contributed by atoms with Crippen molar-refractivity contribution in [2.75, 3.05) is 13.1 Å². The molecule has 2 atom stereocenters. The predicted molar refractivity (Wildman–Crippen MR) is 82.0 cm³/mol. The third-order valence-corrected chi connectivity index (χ3v) is 4.70. The first-order valence-electron chi connectivity index (χ1n) is 7.79. The summed E-state index contributed by atoms with van der Waals surface area (Å²) in [5, 5.41) is 21.8. The molecule has 2 aliphatic rings. The van der Waals surface area contributed by atoms with Crippen LogP contribution >= 0.6 is 0 Å². The number of ether oxygens (including phenoxy) is 1. The van der Waals surface area contributed by atoms with Gasteiger partial charge in [-0.05, 0) is 45.8 Å². The minimum atomic E-state index is -0.773. The van der Waals surface area contributed by atoms with Crippen molar-refractivity contribution in [1.82, 2.24) is 4.90 Å². The normalized spacial score (nSPS) is 27.8. The zero-order chi connectivity index (χ0) is 15.9. The van der Waals surface area contributed by atoms with Gasteiger partial charge in [0.2, 0.25) is 0 Å². The Balaban J connectivity index is 2.03. The van der Waals surface area contributed by atoms with Gasteiger partial charge in [-0.3, -0.25) is 15.0 Å². The Morgan fingerprint density at radius 1 is 1.32 bits per heavy atom.